The standard InChI is InChI=1S/C20H17ClN4O4/c21-13-3-1-12(2-4-13)18-10-25-15(11-29-18)19(23-24-25)20(26)22-14-5-6-16-17(9-14)28-8-7-27-16/h1-6,9,18H,7-8,10-11H2,(H,22,26). The minimum Gasteiger partial charge on any atom is -0.486 e. The monoisotopic (exact) mass is 412 g/mol. The van der Waals surface area contributed by atoms with Crippen molar-refractivity contribution in [2.45, 2.75) is 19.3 Å². The van der Waals surface area contributed by atoms with Crippen LogP contribution in [-0.4, -0.2) is 34.1 Å². The molecule has 0 spiro atoms. The summed E-state index contributed by atoms with van der Waals surface area (Å²) in [7, 11) is 0. The number of nitrogens with zero attached hydrogens (tertiary/aromatic N) is 3. The molecule has 0 fully saturated rings. The van der Waals surface area contributed by atoms with Gasteiger partial charge in [-0.3, -0.25) is 4.79 Å². The Kier molecular flexibility index (Phi) is 4.57. The van der Waals surface area contributed by atoms with Crippen molar-refractivity contribution in [2.75, 3.05) is 18.5 Å². The third-order valence-electron chi connectivity index (χ3n) is 4.85. The molecule has 8 nitrogen and oxygen atoms in total. The van der Waals surface area contributed by atoms with Gasteiger partial charge in [-0.25, -0.2) is 4.68 Å². The summed E-state index contributed by atoms with van der Waals surface area (Å²) in [6.07, 6.45) is -0.171. The van der Waals surface area contributed by atoms with Gasteiger partial charge < -0.3 is 19.5 Å². The van der Waals surface area contributed by atoms with E-state index in [1.165, 1.54) is 0 Å². The molecule has 5 rings (SSSR count). The van der Waals surface area contributed by atoms with Gasteiger partial charge in [-0.15, -0.1) is 5.10 Å². The average Bonchev–Trinajstić information content (AvgIpc) is 3.17. The SMILES string of the molecule is O=C(Nc1ccc2c(c1)OCCO2)c1nnn2c1COC(c1ccc(Cl)cc1)C2. The number of nitrogens with one attached hydrogen (secondary N) is 1. The molecule has 0 aliphatic carbocycles. The maximum Gasteiger partial charge on any atom is 0.278 e. The summed E-state index contributed by atoms with van der Waals surface area (Å²) < 4.78 is 18.7. The Balaban J connectivity index is 1.32. The molecule has 2 aliphatic heterocycles. The van der Waals surface area contributed by atoms with Gasteiger partial charge in [0.15, 0.2) is 17.2 Å². The van der Waals surface area contributed by atoms with Crippen LogP contribution in [0.3, 0.4) is 0 Å². The molecule has 1 aromatic heterocycles. The van der Waals surface area contributed by atoms with Gasteiger partial charge in [-0.1, -0.05) is 28.9 Å². The van der Waals surface area contributed by atoms with Crippen LogP contribution in [0.25, 0.3) is 0 Å². The molecule has 1 N–H and O–H groups in total. The zero-order valence-corrected chi connectivity index (χ0v) is 16.1. The zero-order chi connectivity index (χ0) is 19.8. The van der Waals surface area contributed by atoms with E-state index in [-0.39, 0.29) is 24.3 Å². The van der Waals surface area contributed by atoms with Crippen LogP contribution in [-0.2, 0) is 17.9 Å². The Bertz CT molecular complexity index is 1070. The summed E-state index contributed by atoms with van der Waals surface area (Å²) >= 11 is 5.95. The largest absolute Gasteiger partial charge is 0.486 e. The molecular weight excluding hydrogens is 396 g/mol. The summed E-state index contributed by atoms with van der Waals surface area (Å²) in [6, 6.07) is 12.7. The maximum absolute atomic E-state index is 12.7. The van der Waals surface area contributed by atoms with E-state index in [9.17, 15) is 4.79 Å². The van der Waals surface area contributed by atoms with Gasteiger partial charge in [0.05, 0.1) is 18.8 Å². The molecule has 0 radical (unpaired) electrons. The Morgan fingerprint density at radius 2 is 1.90 bits per heavy atom. The lowest BCUT2D eigenvalue weighted by Crippen LogP contribution is -2.24. The van der Waals surface area contributed by atoms with Gasteiger partial charge in [0.2, 0.25) is 0 Å². The zero-order valence-electron chi connectivity index (χ0n) is 15.3. The molecule has 3 heterocycles. The second kappa shape index (κ2) is 7.38. The van der Waals surface area contributed by atoms with Crippen LogP contribution in [0, 0.1) is 0 Å². The summed E-state index contributed by atoms with van der Waals surface area (Å²) in [6.45, 7) is 1.71. The number of halogens is 1. The van der Waals surface area contributed by atoms with Crippen molar-refractivity contribution >= 4 is 23.2 Å². The van der Waals surface area contributed by atoms with Gasteiger partial charge >= 0.3 is 0 Å². The number of benzene rings is 2. The summed E-state index contributed by atoms with van der Waals surface area (Å²) in [5, 5.41) is 11.7. The lowest BCUT2D eigenvalue weighted by Gasteiger charge is -2.24. The minimum absolute atomic E-state index is 0.171. The molecule has 2 aromatic carbocycles. The van der Waals surface area contributed by atoms with E-state index in [4.69, 9.17) is 25.8 Å². The minimum atomic E-state index is -0.350. The number of hydrogen-bond acceptors (Lipinski definition) is 6. The number of anilines is 1. The molecule has 9 heteroatoms. The number of hydrogen-bond donors (Lipinski definition) is 1. The van der Waals surface area contributed by atoms with E-state index in [0.29, 0.717) is 47.7 Å². The maximum atomic E-state index is 12.7. The number of amides is 1. The van der Waals surface area contributed by atoms with E-state index >= 15 is 0 Å². The van der Waals surface area contributed by atoms with Crippen LogP contribution in [0.1, 0.15) is 27.8 Å². The van der Waals surface area contributed by atoms with E-state index in [1.807, 2.05) is 24.3 Å². The van der Waals surface area contributed by atoms with Gasteiger partial charge in [-0.2, -0.15) is 0 Å². The highest BCUT2D eigenvalue weighted by molar-refractivity contribution is 6.30. The van der Waals surface area contributed by atoms with Crippen LogP contribution in [0.4, 0.5) is 5.69 Å². The Morgan fingerprint density at radius 1 is 1.10 bits per heavy atom. The van der Waals surface area contributed by atoms with Crippen molar-refractivity contribution < 1.29 is 19.0 Å². The van der Waals surface area contributed by atoms with Crippen molar-refractivity contribution in [3.63, 3.8) is 0 Å². The van der Waals surface area contributed by atoms with Crippen LogP contribution in [0.15, 0.2) is 42.5 Å². The van der Waals surface area contributed by atoms with Gasteiger partial charge in [-0.05, 0) is 29.8 Å². The van der Waals surface area contributed by atoms with Crippen molar-refractivity contribution in [3.05, 3.63) is 64.4 Å². The highest BCUT2D eigenvalue weighted by Crippen LogP contribution is 2.33. The fraction of sp³-hybridized carbons (Fsp3) is 0.250. The van der Waals surface area contributed by atoms with Crippen LogP contribution >= 0.6 is 11.6 Å². The Hall–Kier alpha value is -3.10. The van der Waals surface area contributed by atoms with Gasteiger partial charge in [0.1, 0.15) is 19.3 Å². The first-order valence-corrected chi connectivity index (χ1v) is 9.55. The highest BCUT2D eigenvalue weighted by atomic mass is 35.5. The fourth-order valence-corrected chi connectivity index (χ4v) is 3.50. The van der Waals surface area contributed by atoms with Gasteiger partial charge in [0.25, 0.3) is 5.91 Å². The van der Waals surface area contributed by atoms with E-state index in [2.05, 4.69) is 15.6 Å². The lowest BCUT2D eigenvalue weighted by molar-refractivity contribution is -0.00171. The summed E-state index contributed by atoms with van der Waals surface area (Å²) in [4.78, 5) is 12.7. The number of aromatic nitrogens is 3. The molecular formula is C20H17ClN4O4. The molecule has 1 unspecified atom stereocenters. The van der Waals surface area contributed by atoms with Gasteiger partial charge in [0, 0.05) is 16.8 Å². The first kappa shape index (κ1) is 18.0. The molecule has 0 saturated carbocycles. The molecule has 0 bridgehead atoms. The molecule has 1 atom stereocenters. The second-order valence-electron chi connectivity index (χ2n) is 6.73. The topological polar surface area (TPSA) is 87.5 Å². The number of rotatable bonds is 3. The molecule has 0 saturated heterocycles. The number of fused-ring (bicyclic) bond motifs is 2. The smallest absolute Gasteiger partial charge is 0.278 e. The number of ether oxygens (including phenoxy) is 3. The Morgan fingerprint density at radius 3 is 2.72 bits per heavy atom. The van der Waals surface area contributed by atoms with Crippen LogP contribution in [0.5, 0.6) is 11.5 Å². The predicted molar refractivity (Wildman–Crippen MR) is 104 cm³/mol. The molecule has 2 aliphatic rings. The average molecular weight is 413 g/mol. The molecule has 1 amide bonds. The van der Waals surface area contributed by atoms with Crippen molar-refractivity contribution in [1.29, 1.82) is 0 Å². The number of carbonyl (C=O) groups excluding carboxylic acids is 1. The third kappa shape index (κ3) is 3.52. The summed E-state index contributed by atoms with van der Waals surface area (Å²) in [5.74, 6) is 0.918. The molecule has 148 valence electrons. The van der Waals surface area contributed by atoms with Crippen molar-refractivity contribution in [3.8, 4) is 11.5 Å². The Labute approximate surface area is 171 Å². The first-order chi connectivity index (χ1) is 14.2. The van der Waals surface area contributed by atoms with E-state index < -0.39 is 0 Å². The van der Waals surface area contributed by atoms with E-state index in [1.54, 1.807) is 22.9 Å². The van der Waals surface area contributed by atoms with Crippen molar-refractivity contribution in [2.24, 2.45) is 0 Å². The molecule has 29 heavy (non-hydrogen) atoms. The normalized spacial score (nSPS) is 17.5. The summed E-state index contributed by atoms with van der Waals surface area (Å²) in [5.41, 5.74) is 2.48. The fourth-order valence-electron chi connectivity index (χ4n) is 3.38. The van der Waals surface area contributed by atoms with Crippen molar-refractivity contribution in [1.82, 2.24) is 15.0 Å². The highest BCUT2D eigenvalue weighted by Gasteiger charge is 2.28. The molecule has 3 aromatic rings. The lowest BCUT2D eigenvalue weighted by atomic mass is 10.1. The predicted octanol–water partition coefficient (Wildman–Crippen LogP) is 3.23. The van der Waals surface area contributed by atoms with Crippen LogP contribution < -0.4 is 14.8 Å². The first-order valence-electron chi connectivity index (χ1n) is 9.18. The van der Waals surface area contributed by atoms with Crippen LogP contribution in [0.2, 0.25) is 5.02 Å². The second-order valence-corrected chi connectivity index (χ2v) is 7.17. The quantitative estimate of drug-likeness (QED) is 0.710. The number of carbonyl (C=O) groups is 1. The third-order valence-corrected chi connectivity index (χ3v) is 5.11. The van der Waals surface area contributed by atoms with E-state index in [0.717, 1.165) is 5.56 Å².